The summed E-state index contributed by atoms with van der Waals surface area (Å²) in [4.78, 5) is 21.8. The van der Waals surface area contributed by atoms with Crippen molar-refractivity contribution in [1.82, 2.24) is 0 Å². The van der Waals surface area contributed by atoms with Crippen LogP contribution >= 0.6 is 0 Å². The van der Waals surface area contributed by atoms with Crippen LogP contribution in [0.2, 0.25) is 0 Å². The minimum absolute atomic E-state index is 0.0661. The lowest BCUT2D eigenvalue weighted by Gasteiger charge is -2.04. The number of aldehydes is 1. The van der Waals surface area contributed by atoms with Gasteiger partial charge in [0.15, 0.2) is 0 Å². The topological polar surface area (TPSA) is 46.2 Å². The van der Waals surface area contributed by atoms with Gasteiger partial charge < -0.3 is 5.32 Å². The molecule has 2 rings (SSSR count). The Morgan fingerprint density at radius 3 is 2.53 bits per heavy atom. The highest BCUT2D eigenvalue weighted by Gasteiger charge is 2.24. The normalized spacial score (nSPS) is 14.7. The quantitative estimate of drug-likeness (QED) is 0.763. The molecule has 78 valence electrons. The maximum Gasteiger partial charge on any atom is 0.224 e. The van der Waals surface area contributed by atoms with E-state index >= 15 is 0 Å². The Labute approximate surface area is 88.5 Å². The van der Waals surface area contributed by atoms with E-state index in [9.17, 15) is 9.59 Å². The van der Waals surface area contributed by atoms with Crippen molar-refractivity contribution in [1.29, 1.82) is 0 Å². The van der Waals surface area contributed by atoms with Crippen molar-refractivity contribution >= 4 is 17.9 Å². The van der Waals surface area contributed by atoms with Gasteiger partial charge in [0.2, 0.25) is 5.91 Å². The number of anilines is 1. The second kappa shape index (κ2) is 4.26. The zero-order chi connectivity index (χ0) is 10.7. The molecule has 1 amide bonds. The smallest absolute Gasteiger partial charge is 0.224 e. The summed E-state index contributed by atoms with van der Waals surface area (Å²) in [5, 5.41) is 2.81. The molecular formula is C12H13NO2. The third-order valence-electron chi connectivity index (χ3n) is 2.50. The van der Waals surface area contributed by atoms with Crippen LogP contribution in [-0.4, -0.2) is 12.2 Å². The highest BCUT2D eigenvalue weighted by molar-refractivity contribution is 5.91. The predicted octanol–water partition coefficient (Wildman–Crippen LogP) is 2.24. The fourth-order valence-electron chi connectivity index (χ4n) is 1.44. The van der Waals surface area contributed by atoms with Crippen LogP contribution in [0, 0.1) is 5.92 Å². The zero-order valence-electron chi connectivity index (χ0n) is 8.40. The van der Waals surface area contributed by atoms with Crippen LogP contribution in [0.1, 0.15) is 29.6 Å². The molecule has 1 N–H and O–H groups in total. The molecule has 1 aliphatic carbocycles. The van der Waals surface area contributed by atoms with Crippen LogP contribution in [0.25, 0.3) is 0 Å². The standard InChI is InChI=1S/C12H13NO2/c14-8-10-3-5-11(6-4-10)13-12(15)7-9-1-2-9/h3-6,8-9H,1-2,7H2,(H,13,15). The van der Waals surface area contributed by atoms with Gasteiger partial charge in [-0.25, -0.2) is 0 Å². The van der Waals surface area contributed by atoms with Gasteiger partial charge in [-0.05, 0) is 43.0 Å². The lowest BCUT2D eigenvalue weighted by atomic mass is 10.2. The number of hydrogen-bond donors (Lipinski definition) is 1. The maximum atomic E-state index is 11.4. The van der Waals surface area contributed by atoms with E-state index in [0.29, 0.717) is 17.9 Å². The fraction of sp³-hybridized carbons (Fsp3) is 0.333. The van der Waals surface area contributed by atoms with Crippen LogP contribution in [0.5, 0.6) is 0 Å². The molecule has 0 atom stereocenters. The number of hydrogen-bond acceptors (Lipinski definition) is 2. The monoisotopic (exact) mass is 203 g/mol. The van der Waals surface area contributed by atoms with Crippen molar-refractivity contribution in [3.05, 3.63) is 29.8 Å². The molecule has 3 nitrogen and oxygen atoms in total. The molecular weight excluding hydrogens is 190 g/mol. The maximum absolute atomic E-state index is 11.4. The summed E-state index contributed by atoms with van der Waals surface area (Å²) in [5.41, 5.74) is 1.38. The van der Waals surface area contributed by atoms with E-state index in [1.54, 1.807) is 24.3 Å². The van der Waals surface area contributed by atoms with Gasteiger partial charge in [-0.1, -0.05) is 0 Å². The Kier molecular flexibility index (Phi) is 2.81. The second-order valence-corrected chi connectivity index (χ2v) is 3.94. The summed E-state index contributed by atoms with van der Waals surface area (Å²) in [5.74, 6) is 0.663. The summed E-state index contributed by atoms with van der Waals surface area (Å²) < 4.78 is 0. The second-order valence-electron chi connectivity index (χ2n) is 3.94. The third kappa shape index (κ3) is 2.91. The summed E-state index contributed by atoms with van der Waals surface area (Å²) in [6, 6.07) is 6.88. The van der Waals surface area contributed by atoms with Gasteiger partial charge in [-0.15, -0.1) is 0 Å². The molecule has 15 heavy (non-hydrogen) atoms. The van der Waals surface area contributed by atoms with Crippen LogP contribution in [0.15, 0.2) is 24.3 Å². The highest BCUT2D eigenvalue weighted by Crippen LogP contribution is 2.32. The van der Waals surface area contributed by atoms with Gasteiger partial charge in [0.25, 0.3) is 0 Å². The molecule has 0 aromatic heterocycles. The molecule has 1 saturated carbocycles. The van der Waals surface area contributed by atoms with Crippen molar-refractivity contribution in [2.75, 3.05) is 5.32 Å². The zero-order valence-corrected chi connectivity index (χ0v) is 8.40. The molecule has 0 aliphatic heterocycles. The van der Waals surface area contributed by atoms with Crippen LogP contribution in [0.3, 0.4) is 0 Å². The molecule has 3 heteroatoms. The lowest BCUT2D eigenvalue weighted by molar-refractivity contribution is -0.116. The summed E-state index contributed by atoms with van der Waals surface area (Å²) in [6.45, 7) is 0. The summed E-state index contributed by atoms with van der Waals surface area (Å²) in [6.07, 6.45) is 3.76. The largest absolute Gasteiger partial charge is 0.326 e. The number of amides is 1. The average Bonchev–Trinajstić information content (AvgIpc) is 3.03. The van der Waals surface area contributed by atoms with Gasteiger partial charge in [-0.2, -0.15) is 0 Å². The van der Waals surface area contributed by atoms with E-state index in [4.69, 9.17) is 0 Å². The minimum atomic E-state index is 0.0661. The van der Waals surface area contributed by atoms with E-state index in [-0.39, 0.29) is 5.91 Å². The van der Waals surface area contributed by atoms with E-state index in [2.05, 4.69) is 5.32 Å². The van der Waals surface area contributed by atoms with Crippen molar-refractivity contribution in [3.63, 3.8) is 0 Å². The van der Waals surface area contributed by atoms with E-state index in [0.717, 1.165) is 12.0 Å². The van der Waals surface area contributed by atoms with E-state index in [1.165, 1.54) is 12.8 Å². The minimum Gasteiger partial charge on any atom is -0.326 e. The number of nitrogens with one attached hydrogen (secondary N) is 1. The first-order chi connectivity index (χ1) is 7.28. The van der Waals surface area contributed by atoms with Crippen molar-refractivity contribution in [2.45, 2.75) is 19.3 Å². The van der Waals surface area contributed by atoms with E-state index < -0.39 is 0 Å². The number of benzene rings is 1. The molecule has 0 heterocycles. The Hall–Kier alpha value is -1.64. The van der Waals surface area contributed by atoms with Crippen LogP contribution in [-0.2, 0) is 4.79 Å². The first kappa shape index (κ1) is 9.90. The summed E-state index contributed by atoms with van der Waals surface area (Å²) in [7, 11) is 0. The van der Waals surface area contributed by atoms with Crippen molar-refractivity contribution < 1.29 is 9.59 Å². The first-order valence-corrected chi connectivity index (χ1v) is 5.13. The summed E-state index contributed by atoms with van der Waals surface area (Å²) >= 11 is 0. The Bertz CT molecular complexity index is 366. The third-order valence-corrected chi connectivity index (χ3v) is 2.50. The van der Waals surface area contributed by atoms with Crippen LogP contribution in [0.4, 0.5) is 5.69 Å². The lowest BCUT2D eigenvalue weighted by Crippen LogP contribution is -2.11. The molecule has 1 fully saturated rings. The fourth-order valence-corrected chi connectivity index (χ4v) is 1.44. The number of carbonyl (C=O) groups is 2. The average molecular weight is 203 g/mol. The molecule has 0 bridgehead atoms. The van der Waals surface area contributed by atoms with Crippen molar-refractivity contribution in [3.8, 4) is 0 Å². The number of carbonyl (C=O) groups excluding carboxylic acids is 2. The number of rotatable bonds is 4. The SMILES string of the molecule is O=Cc1ccc(NC(=O)CC2CC2)cc1. The molecule has 1 aromatic rings. The van der Waals surface area contributed by atoms with Crippen molar-refractivity contribution in [2.24, 2.45) is 5.92 Å². The molecule has 0 radical (unpaired) electrons. The Balaban J connectivity index is 1.91. The van der Waals surface area contributed by atoms with Gasteiger partial charge in [-0.3, -0.25) is 9.59 Å². The highest BCUT2D eigenvalue weighted by atomic mass is 16.1. The Morgan fingerprint density at radius 1 is 1.33 bits per heavy atom. The molecule has 1 aliphatic rings. The van der Waals surface area contributed by atoms with Gasteiger partial charge >= 0.3 is 0 Å². The molecule has 1 aromatic carbocycles. The molecule has 0 unspecified atom stereocenters. The van der Waals surface area contributed by atoms with Gasteiger partial charge in [0.1, 0.15) is 6.29 Å². The predicted molar refractivity (Wildman–Crippen MR) is 57.8 cm³/mol. The van der Waals surface area contributed by atoms with E-state index in [1.807, 2.05) is 0 Å². The first-order valence-electron chi connectivity index (χ1n) is 5.13. The van der Waals surface area contributed by atoms with Gasteiger partial charge in [0.05, 0.1) is 0 Å². The molecule has 0 spiro atoms. The molecule has 0 saturated heterocycles. The Morgan fingerprint density at radius 2 is 2.00 bits per heavy atom. The van der Waals surface area contributed by atoms with Crippen LogP contribution < -0.4 is 5.32 Å². The van der Waals surface area contributed by atoms with Gasteiger partial charge in [0, 0.05) is 17.7 Å².